The molecule has 0 unspecified atom stereocenters. The molecule has 4 heteroatoms. The van der Waals surface area contributed by atoms with Crippen LogP contribution in [0.1, 0.15) is 31.2 Å². The van der Waals surface area contributed by atoms with Crippen molar-refractivity contribution in [2.24, 2.45) is 5.92 Å². The van der Waals surface area contributed by atoms with Gasteiger partial charge in [0, 0.05) is 5.92 Å². The number of ether oxygens (including phenoxy) is 1. The molecule has 0 amide bonds. The van der Waals surface area contributed by atoms with Gasteiger partial charge in [0.1, 0.15) is 6.61 Å². The fourth-order valence-corrected chi connectivity index (χ4v) is 2.20. The van der Waals surface area contributed by atoms with E-state index in [9.17, 15) is 9.18 Å². The minimum atomic E-state index is -0.603. The molecule has 1 aromatic rings. The summed E-state index contributed by atoms with van der Waals surface area (Å²) in [6, 6.07) is 5.80. The molecule has 1 fully saturated rings. The molecule has 0 bridgehead atoms. The van der Waals surface area contributed by atoms with Gasteiger partial charge >= 0.3 is 0 Å². The summed E-state index contributed by atoms with van der Waals surface area (Å²) in [7, 11) is 0. The molecule has 1 aliphatic rings. The van der Waals surface area contributed by atoms with Crippen molar-refractivity contribution < 1.29 is 13.9 Å². The molecule has 0 N–H and O–H groups in total. The number of nitriles is 1. The molecule has 18 heavy (non-hydrogen) atoms. The first kappa shape index (κ1) is 12.6. The van der Waals surface area contributed by atoms with Gasteiger partial charge in [-0.05, 0) is 31.0 Å². The summed E-state index contributed by atoms with van der Waals surface area (Å²) >= 11 is 0. The Kier molecular flexibility index (Phi) is 3.93. The molecule has 1 saturated carbocycles. The van der Waals surface area contributed by atoms with E-state index in [1.54, 1.807) is 0 Å². The van der Waals surface area contributed by atoms with Crippen LogP contribution in [0.2, 0.25) is 0 Å². The van der Waals surface area contributed by atoms with Gasteiger partial charge in [-0.25, -0.2) is 4.39 Å². The fraction of sp³-hybridized carbons (Fsp3) is 0.429. The predicted molar refractivity (Wildman–Crippen MR) is 63.6 cm³/mol. The highest BCUT2D eigenvalue weighted by atomic mass is 19.1. The molecular weight excluding hydrogens is 233 g/mol. The van der Waals surface area contributed by atoms with Crippen molar-refractivity contribution in [2.45, 2.75) is 25.7 Å². The van der Waals surface area contributed by atoms with Gasteiger partial charge in [-0.15, -0.1) is 0 Å². The van der Waals surface area contributed by atoms with Crippen LogP contribution >= 0.6 is 0 Å². The number of ketones is 1. The monoisotopic (exact) mass is 247 g/mol. The van der Waals surface area contributed by atoms with E-state index in [1.807, 2.05) is 6.07 Å². The summed E-state index contributed by atoms with van der Waals surface area (Å²) in [5.41, 5.74) is 0.238. The summed E-state index contributed by atoms with van der Waals surface area (Å²) in [4.78, 5) is 11.8. The van der Waals surface area contributed by atoms with Crippen molar-refractivity contribution in [3.05, 3.63) is 29.6 Å². The van der Waals surface area contributed by atoms with Gasteiger partial charge < -0.3 is 4.74 Å². The number of hydrogen-bond donors (Lipinski definition) is 0. The zero-order chi connectivity index (χ0) is 13.0. The highest BCUT2D eigenvalue weighted by Crippen LogP contribution is 2.26. The van der Waals surface area contributed by atoms with E-state index in [0.717, 1.165) is 31.7 Å². The molecule has 0 aromatic heterocycles. The van der Waals surface area contributed by atoms with Crippen LogP contribution in [-0.4, -0.2) is 12.4 Å². The average molecular weight is 247 g/mol. The quantitative estimate of drug-likeness (QED) is 0.822. The van der Waals surface area contributed by atoms with Gasteiger partial charge in [0.15, 0.2) is 17.3 Å². The van der Waals surface area contributed by atoms with Crippen LogP contribution in [0.15, 0.2) is 18.2 Å². The summed E-state index contributed by atoms with van der Waals surface area (Å²) < 4.78 is 18.7. The third-order valence-corrected chi connectivity index (χ3v) is 3.24. The Bertz CT molecular complexity index is 487. The molecule has 2 rings (SSSR count). The van der Waals surface area contributed by atoms with Crippen LogP contribution in [0.3, 0.4) is 0 Å². The smallest absolute Gasteiger partial charge is 0.173 e. The van der Waals surface area contributed by atoms with Crippen molar-refractivity contribution in [3.63, 3.8) is 0 Å². The van der Waals surface area contributed by atoms with E-state index in [2.05, 4.69) is 0 Å². The number of rotatable bonds is 4. The maximum absolute atomic E-state index is 13.5. The largest absolute Gasteiger partial charge is 0.483 e. The minimum absolute atomic E-state index is 0.0281. The number of carbonyl (C=O) groups excluding carboxylic acids is 1. The minimum Gasteiger partial charge on any atom is -0.483 e. The summed E-state index contributed by atoms with van der Waals surface area (Å²) in [6.07, 6.45) is 4.00. The van der Waals surface area contributed by atoms with Crippen molar-refractivity contribution in [1.29, 1.82) is 5.26 Å². The van der Waals surface area contributed by atoms with Crippen LogP contribution in [0, 0.1) is 23.1 Å². The maximum atomic E-state index is 13.5. The third-order valence-electron chi connectivity index (χ3n) is 3.24. The Hall–Kier alpha value is -1.89. The zero-order valence-electron chi connectivity index (χ0n) is 9.99. The van der Waals surface area contributed by atoms with Crippen molar-refractivity contribution >= 4 is 5.78 Å². The van der Waals surface area contributed by atoms with E-state index >= 15 is 0 Å². The van der Waals surface area contributed by atoms with Gasteiger partial charge in [-0.2, -0.15) is 5.26 Å². The first-order chi connectivity index (χ1) is 8.70. The zero-order valence-corrected chi connectivity index (χ0v) is 9.99. The topological polar surface area (TPSA) is 50.1 Å². The van der Waals surface area contributed by atoms with Gasteiger partial charge in [-0.1, -0.05) is 12.8 Å². The highest BCUT2D eigenvalue weighted by Gasteiger charge is 2.23. The maximum Gasteiger partial charge on any atom is 0.173 e. The van der Waals surface area contributed by atoms with E-state index in [1.165, 1.54) is 12.1 Å². The molecule has 94 valence electrons. The van der Waals surface area contributed by atoms with Crippen LogP contribution in [0.25, 0.3) is 0 Å². The number of nitrogens with zero attached hydrogens (tertiary/aromatic N) is 1. The molecule has 0 spiro atoms. The molecule has 1 aromatic carbocycles. The Labute approximate surface area is 105 Å². The molecule has 3 nitrogen and oxygen atoms in total. The standard InChI is InChI=1S/C14H14FNO2/c15-12-7-10(8-16)5-6-14(12)18-9-13(17)11-3-1-2-4-11/h5-7,11H,1-4,9H2. The normalized spacial score (nSPS) is 15.3. The van der Waals surface area contributed by atoms with Crippen LogP contribution < -0.4 is 4.74 Å². The van der Waals surface area contributed by atoms with Crippen molar-refractivity contribution in [1.82, 2.24) is 0 Å². The van der Waals surface area contributed by atoms with Gasteiger partial charge in [0.2, 0.25) is 0 Å². The molecule has 0 aliphatic heterocycles. The number of hydrogen-bond acceptors (Lipinski definition) is 3. The Morgan fingerprint density at radius 1 is 1.44 bits per heavy atom. The molecule has 1 aliphatic carbocycles. The first-order valence-electron chi connectivity index (χ1n) is 6.06. The van der Waals surface area contributed by atoms with Crippen LogP contribution in [0.5, 0.6) is 5.75 Å². The lowest BCUT2D eigenvalue weighted by Gasteiger charge is -2.10. The van der Waals surface area contributed by atoms with E-state index in [0.29, 0.717) is 0 Å². The Morgan fingerprint density at radius 2 is 2.17 bits per heavy atom. The van der Waals surface area contributed by atoms with Gasteiger partial charge in [0.25, 0.3) is 0 Å². The fourth-order valence-electron chi connectivity index (χ4n) is 2.20. The lowest BCUT2D eigenvalue weighted by Crippen LogP contribution is -2.19. The second kappa shape index (κ2) is 5.63. The van der Waals surface area contributed by atoms with Crippen LogP contribution in [-0.2, 0) is 4.79 Å². The molecule has 0 radical (unpaired) electrons. The Morgan fingerprint density at radius 3 is 2.78 bits per heavy atom. The van der Waals surface area contributed by atoms with Crippen molar-refractivity contribution in [3.8, 4) is 11.8 Å². The number of carbonyl (C=O) groups is 1. The number of benzene rings is 1. The molecule has 0 saturated heterocycles. The van der Waals surface area contributed by atoms with Crippen molar-refractivity contribution in [2.75, 3.05) is 6.61 Å². The Balaban J connectivity index is 1.94. The summed E-state index contributed by atoms with van der Waals surface area (Å²) in [5, 5.41) is 8.60. The second-order valence-electron chi connectivity index (χ2n) is 4.49. The van der Waals surface area contributed by atoms with Gasteiger partial charge in [0.05, 0.1) is 11.6 Å². The highest BCUT2D eigenvalue weighted by molar-refractivity contribution is 5.82. The van der Waals surface area contributed by atoms with E-state index in [4.69, 9.17) is 10.00 Å². The number of halogens is 1. The predicted octanol–water partition coefficient (Wildman–Crippen LogP) is 2.84. The second-order valence-corrected chi connectivity index (χ2v) is 4.49. The molecule has 0 heterocycles. The SMILES string of the molecule is N#Cc1ccc(OCC(=O)C2CCCC2)c(F)c1. The van der Waals surface area contributed by atoms with Gasteiger partial charge in [-0.3, -0.25) is 4.79 Å². The lowest BCUT2D eigenvalue weighted by molar-refractivity contribution is -0.124. The van der Waals surface area contributed by atoms with E-state index in [-0.39, 0.29) is 29.6 Å². The molecular formula is C14H14FNO2. The lowest BCUT2D eigenvalue weighted by atomic mass is 10.0. The summed E-state index contributed by atoms with van der Waals surface area (Å²) in [6.45, 7) is -0.0898. The average Bonchev–Trinajstić information content (AvgIpc) is 2.90. The molecule has 0 atom stereocenters. The number of Topliss-reactive ketones (excluding diaryl/α,β-unsaturated/α-hetero) is 1. The third kappa shape index (κ3) is 2.86. The summed E-state index contributed by atoms with van der Waals surface area (Å²) in [5.74, 6) is -0.462. The van der Waals surface area contributed by atoms with E-state index < -0.39 is 5.82 Å². The first-order valence-corrected chi connectivity index (χ1v) is 6.06. The van der Waals surface area contributed by atoms with Crippen LogP contribution in [0.4, 0.5) is 4.39 Å².